The molecule has 21 heavy (non-hydrogen) atoms. The van der Waals surface area contributed by atoms with E-state index in [-0.39, 0.29) is 18.2 Å². The summed E-state index contributed by atoms with van der Waals surface area (Å²) in [6.07, 6.45) is 7.81. The highest BCUT2D eigenvalue weighted by Gasteiger charge is 2.56. The third kappa shape index (κ3) is 2.86. The van der Waals surface area contributed by atoms with Gasteiger partial charge in [0.2, 0.25) is 12.6 Å². The van der Waals surface area contributed by atoms with E-state index in [9.17, 15) is 4.79 Å². The molecule has 0 bridgehead atoms. The number of carbonyl (C=O) groups is 1. The molecular weight excluding hydrogens is 268 g/mol. The first-order chi connectivity index (χ1) is 10.1. The first-order valence-corrected chi connectivity index (χ1v) is 7.86. The van der Waals surface area contributed by atoms with E-state index in [2.05, 4.69) is 19.9 Å². The van der Waals surface area contributed by atoms with E-state index in [1.807, 2.05) is 6.26 Å². The first kappa shape index (κ1) is 14.6. The predicted molar refractivity (Wildman–Crippen MR) is 78.0 cm³/mol. The molecule has 0 N–H and O–H groups in total. The summed E-state index contributed by atoms with van der Waals surface area (Å²) in [7, 11) is 0. The molecular formula is C17H24O4. The van der Waals surface area contributed by atoms with Crippen LogP contribution in [-0.2, 0) is 19.0 Å². The Morgan fingerprint density at radius 3 is 2.90 bits per heavy atom. The van der Waals surface area contributed by atoms with Crippen molar-refractivity contribution in [2.45, 2.75) is 59.0 Å². The molecule has 0 aromatic carbocycles. The molecule has 5 atom stereocenters. The second-order valence-electron chi connectivity index (χ2n) is 6.56. The Hall–Kier alpha value is -1.29. The Morgan fingerprint density at radius 1 is 1.38 bits per heavy atom. The molecule has 3 aliphatic rings. The summed E-state index contributed by atoms with van der Waals surface area (Å²) in [4.78, 5) is 11.2. The van der Waals surface area contributed by atoms with E-state index in [0.29, 0.717) is 11.8 Å². The minimum absolute atomic E-state index is 0.237. The molecule has 1 aliphatic carbocycles. The van der Waals surface area contributed by atoms with Crippen LogP contribution in [0.1, 0.15) is 46.5 Å². The molecule has 0 aromatic heterocycles. The van der Waals surface area contributed by atoms with Gasteiger partial charge in [-0.2, -0.15) is 0 Å². The van der Waals surface area contributed by atoms with Gasteiger partial charge in [-0.1, -0.05) is 11.6 Å². The van der Waals surface area contributed by atoms with E-state index in [0.717, 1.165) is 25.7 Å². The van der Waals surface area contributed by atoms with E-state index in [4.69, 9.17) is 14.2 Å². The minimum atomic E-state index is -0.423. The number of hydrogen-bond donors (Lipinski definition) is 0. The zero-order valence-electron chi connectivity index (χ0n) is 13.0. The summed E-state index contributed by atoms with van der Waals surface area (Å²) in [5.41, 5.74) is 2.75. The van der Waals surface area contributed by atoms with Crippen molar-refractivity contribution in [3.63, 3.8) is 0 Å². The quantitative estimate of drug-likeness (QED) is 0.587. The maximum atomic E-state index is 11.2. The summed E-state index contributed by atoms with van der Waals surface area (Å²) >= 11 is 0. The van der Waals surface area contributed by atoms with Crippen molar-refractivity contribution >= 4 is 5.97 Å². The van der Waals surface area contributed by atoms with Crippen LogP contribution in [0.2, 0.25) is 0 Å². The van der Waals surface area contributed by atoms with Crippen molar-refractivity contribution in [2.24, 2.45) is 17.8 Å². The third-order valence-corrected chi connectivity index (χ3v) is 4.80. The monoisotopic (exact) mass is 292 g/mol. The standard InChI is InChI=1S/C17H24O4/c1-10(2)5-4-6-12-9-19-17-15-13(12)7-8-14(15)16(21-17)20-11(3)18/h5,9,13-17H,4,6-8H2,1-3H3/t13-,14+,15-,16+,17+/m1/s1. The number of esters is 1. The van der Waals surface area contributed by atoms with Crippen LogP contribution in [-0.4, -0.2) is 18.5 Å². The molecule has 2 aliphatic heterocycles. The van der Waals surface area contributed by atoms with E-state index < -0.39 is 6.29 Å². The van der Waals surface area contributed by atoms with Crippen molar-refractivity contribution in [3.8, 4) is 0 Å². The minimum Gasteiger partial charge on any atom is -0.472 e. The molecule has 2 fully saturated rings. The van der Waals surface area contributed by atoms with Gasteiger partial charge < -0.3 is 14.2 Å². The van der Waals surface area contributed by atoms with Crippen molar-refractivity contribution in [1.82, 2.24) is 0 Å². The van der Waals surface area contributed by atoms with Gasteiger partial charge in [0.1, 0.15) is 0 Å². The predicted octanol–water partition coefficient (Wildman–Crippen LogP) is 3.53. The highest BCUT2D eigenvalue weighted by molar-refractivity contribution is 5.66. The highest BCUT2D eigenvalue weighted by Crippen LogP contribution is 2.53. The van der Waals surface area contributed by atoms with Gasteiger partial charge in [-0.3, -0.25) is 4.79 Å². The van der Waals surface area contributed by atoms with Gasteiger partial charge in [-0.15, -0.1) is 0 Å². The lowest BCUT2D eigenvalue weighted by molar-refractivity contribution is -0.208. The Morgan fingerprint density at radius 2 is 2.19 bits per heavy atom. The zero-order valence-corrected chi connectivity index (χ0v) is 13.0. The molecule has 3 rings (SSSR count). The number of ether oxygens (including phenoxy) is 3. The summed E-state index contributed by atoms with van der Waals surface area (Å²) in [5.74, 6) is 0.885. The lowest BCUT2D eigenvalue weighted by atomic mass is 9.82. The normalized spacial score (nSPS) is 36.5. The smallest absolute Gasteiger partial charge is 0.304 e. The van der Waals surface area contributed by atoms with Crippen LogP contribution in [0, 0.1) is 17.8 Å². The Labute approximate surface area is 126 Å². The Bertz CT molecular complexity index is 475. The maximum Gasteiger partial charge on any atom is 0.304 e. The Balaban J connectivity index is 1.67. The van der Waals surface area contributed by atoms with Crippen molar-refractivity contribution in [2.75, 3.05) is 0 Å². The highest BCUT2D eigenvalue weighted by atomic mass is 16.8. The van der Waals surface area contributed by atoms with Gasteiger partial charge >= 0.3 is 5.97 Å². The van der Waals surface area contributed by atoms with Crippen LogP contribution in [0.3, 0.4) is 0 Å². The van der Waals surface area contributed by atoms with Crippen LogP contribution in [0.25, 0.3) is 0 Å². The van der Waals surface area contributed by atoms with Crippen LogP contribution in [0.15, 0.2) is 23.5 Å². The summed E-state index contributed by atoms with van der Waals surface area (Å²) in [5, 5.41) is 0. The molecule has 0 amide bonds. The lowest BCUT2D eigenvalue weighted by Gasteiger charge is -2.30. The second kappa shape index (κ2) is 5.84. The summed E-state index contributed by atoms with van der Waals surface area (Å²) in [6, 6.07) is 0. The number of allylic oxidation sites excluding steroid dienone is 3. The topological polar surface area (TPSA) is 44.8 Å². The molecule has 0 unspecified atom stereocenters. The first-order valence-electron chi connectivity index (χ1n) is 7.86. The van der Waals surface area contributed by atoms with E-state index in [1.54, 1.807) is 0 Å². The average molecular weight is 292 g/mol. The molecule has 0 spiro atoms. The maximum absolute atomic E-state index is 11.2. The molecule has 116 valence electrons. The van der Waals surface area contributed by atoms with Crippen molar-refractivity contribution in [1.29, 1.82) is 0 Å². The molecule has 4 nitrogen and oxygen atoms in total. The lowest BCUT2D eigenvalue weighted by Crippen LogP contribution is -2.29. The number of hydrogen-bond acceptors (Lipinski definition) is 4. The second-order valence-corrected chi connectivity index (χ2v) is 6.56. The molecule has 1 saturated heterocycles. The molecule has 2 heterocycles. The van der Waals surface area contributed by atoms with Crippen LogP contribution in [0.5, 0.6) is 0 Å². The number of carbonyl (C=O) groups excluding carboxylic acids is 1. The fourth-order valence-electron chi connectivity index (χ4n) is 3.94. The van der Waals surface area contributed by atoms with Gasteiger partial charge in [0.15, 0.2) is 0 Å². The van der Waals surface area contributed by atoms with Crippen LogP contribution >= 0.6 is 0 Å². The van der Waals surface area contributed by atoms with Gasteiger partial charge in [-0.25, -0.2) is 0 Å². The number of rotatable bonds is 4. The fraction of sp³-hybridized carbons (Fsp3) is 0.706. The van der Waals surface area contributed by atoms with Crippen LogP contribution in [0.4, 0.5) is 0 Å². The van der Waals surface area contributed by atoms with Crippen molar-refractivity contribution < 1.29 is 19.0 Å². The Kier molecular flexibility index (Phi) is 4.07. The van der Waals surface area contributed by atoms with Gasteiger partial charge in [0.05, 0.1) is 6.26 Å². The molecule has 1 saturated carbocycles. The van der Waals surface area contributed by atoms with E-state index >= 15 is 0 Å². The largest absolute Gasteiger partial charge is 0.472 e. The zero-order chi connectivity index (χ0) is 15.0. The summed E-state index contributed by atoms with van der Waals surface area (Å²) < 4.78 is 16.9. The van der Waals surface area contributed by atoms with E-state index in [1.165, 1.54) is 18.1 Å². The van der Waals surface area contributed by atoms with Crippen LogP contribution < -0.4 is 0 Å². The SMILES string of the molecule is CC(=O)O[C@H]1O[C@@H]2OC=C(CCC=C(C)C)[C@H]3CC[C@H]1[C@H]23. The molecule has 0 radical (unpaired) electrons. The summed E-state index contributed by atoms with van der Waals surface area (Å²) in [6.45, 7) is 5.69. The van der Waals surface area contributed by atoms with Crippen molar-refractivity contribution in [3.05, 3.63) is 23.5 Å². The molecule has 0 aromatic rings. The van der Waals surface area contributed by atoms with Gasteiger partial charge in [0, 0.05) is 18.8 Å². The fourth-order valence-corrected chi connectivity index (χ4v) is 3.94. The van der Waals surface area contributed by atoms with Gasteiger partial charge in [-0.05, 0) is 51.0 Å². The molecule has 4 heteroatoms. The average Bonchev–Trinajstić information content (AvgIpc) is 2.97. The van der Waals surface area contributed by atoms with Gasteiger partial charge in [0.25, 0.3) is 0 Å². The third-order valence-electron chi connectivity index (χ3n) is 4.80.